The van der Waals surface area contributed by atoms with Gasteiger partial charge in [0.15, 0.2) is 0 Å². The number of imide groups is 1. The highest BCUT2D eigenvalue weighted by Crippen LogP contribution is 2.38. The fourth-order valence-electron chi connectivity index (χ4n) is 3.91. The van der Waals surface area contributed by atoms with E-state index in [0.29, 0.717) is 10.0 Å². The van der Waals surface area contributed by atoms with Crippen molar-refractivity contribution in [2.75, 3.05) is 6.54 Å². The quantitative estimate of drug-likeness (QED) is 0.770. The average Bonchev–Trinajstić information content (AvgIpc) is 2.84. The third-order valence-electron chi connectivity index (χ3n) is 5.30. The number of carbonyl (C=O) groups excluding carboxylic acids is 3. The van der Waals surface area contributed by atoms with Gasteiger partial charge in [0.25, 0.3) is 0 Å². The van der Waals surface area contributed by atoms with Crippen LogP contribution in [0.5, 0.6) is 0 Å². The van der Waals surface area contributed by atoms with Crippen molar-refractivity contribution >= 4 is 40.9 Å². The van der Waals surface area contributed by atoms with Crippen LogP contribution in [0.4, 0.5) is 0 Å². The lowest BCUT2D eigenvalue weighted by atomic mass is 9.81. The lowest BCUT2D eigenvalue weighted by Crippen LogP contribution is -2.36. The summed E-state index contributed by atoms with van der Waals surface area (Å²) in [5, 5.41) is 3.87. The summed E-state index contributed by atoms with van der Waals surface area (Å²) in [6.45, 7) is 1.96. The van der Waals surface area contributed by atoms with Gasteiger partial charge in [-0.05, 0) is 37.5 Å². The van der Waals surface area contributed by atoms with Gasteiger partial charge in [-0.1, -0.05) is 42.1 Å². The smallest absolute Gasteiger partial charge is 0.233 e. The second-order valence-corrected chi connectivity index (χ2v) is 7.87. The molecule has 1 aromatic carbocycles. The molecule has 7 heteroatoms. The Morgan fingerprint density at radius 2 is 1.81 bits per heavy atom. The highest BCUT2D eigenvalue weighted by molar-refractivity contribution is 6.35. The predicted molar refractivity (Wildman–Crippen MR) is 99.8 cm³/mol. The van der Waals surface area contributed by atoms with Crippen LogP contribution in [0.15, 0.2) is 18.2 Å². The van der Waals surface area contributed by atoms with Gasteiger partial charge in [0.05, 0.1) is 17.9 Å². The number of nitrogens with zero attached hydrogens (tertiary/aromatic N) is 1. The Bertz CT molecular complexity index is 713. The molecule has 0 unspecified atom stereocenters. The molecule has 3 rings (SSSR count). The van der Waals surface area contributed by atoms with Gasteiger partial charge in [0.1, 0.15) is 0 Å². The van der Waals surface area contributed by atoms with E-state index in [1.165, 1.54) is 4.90 Å². The molecule has 1 saturated heterocycles. The number of benzene rings is 1. The Labute approximate surface area is 163 Å². The molecule has 1 aromatic rings. The van der Waals surface area contributed by atoms with Gasteiger partial charge in [-0.2, -0.15) is 0 Å². The molecular formula is C19H22Cl2N2O3. The Morgan fingerprint density at radius 1 is 1.19 bits per heavy atom. The van der Waals surface area contributed by atoms with E-state index in [1.807, 2.05) is 6.92 Å². The molecule has 0 radical (unpaired) electrons. The Balaban J connectivity index is 1.55. The van der Waals surface area contributed by atoms with Crippen LogP contribution in [0.25, 0.3) is 0 Å². The van der Waals surface area contributed by atoms with Gasteiger partial charge in [-0.3, -0.25) is 19.3 Å². The highest BCUT2D eigenvalue weighted by Gasteiger charge is 2.47. The lowest BCUT2D eigenvalue weighted by molar-refractivity contribution is -0.140. The van der Waals surface area contributed by atoms with E-state index in [4.69, 9.17) is 23.2 Å². The molecule has 140 valence electrons. The maximum absolute atomic E-state index is 12.4. The molecule has 1 heterocycles. The Morgan fingerprint density at radius 3 is 2.38 bits per heavy atom. The monoisotopic (exact) mass is 396 g/mol. The van der Waals surface area contributed by atoms with Gasteiger partial charge in [-0.15, -0.1) is 0 Å². The largest absolute Gasteiger partial charge is 0.349 e. The standard InChI is InChI=1S/C19H22Cl2N2O3/c1-11(13-7-6-12(20)10-16(13)21)22-17(24)8-9-23-18(25)14-4-2-3-5-15(14)19(23)26/h6-7,10-11,14-15H,2-5,8-9H2,1H3,(H,22,24)/t11-,14-,15+/m0/s1. The van der Waals surface area contributed by atoms with E-state index >= 15 is 0 Å². The second-order valence-electron chi connectivity index (χ2n) is 7.03. The molecule has 5 nitrogen and oxygen atoms in total. The van der Waals surface area contributed by atoms with Crippen LogP contribution in [0.2, 0.25) is 10.0 Å². The molecule has 1 N–H and O–H groups in total. The number of amides is 3. The predicted octanol–water partition coefficient (Wildman–Crippen LogP) is 3.74. The van der Waals surface area contributed by atoms with Crippen molar-refractivity contribution in [3.8, 4) is 0 Å². The first-order valence-corrected chi connectivity index (χ1v) is 9.73. The number of hydrogen-bond donors (Lipinski definition) is 1. The number of rotatable bonds is 5. The zero-order valence-electron chi connectivity index (χ0n) is 14.6. The zero-order chi connectivity index (χ0) is 18.8. The molecule has 26 heavy (non-hydrogen) atoms. The molecule has 0 spiro atoms. The minimum atomic E-state index is -0.292. The lowest BCUT2D eigenvalue weighted by Gasteiger charge is -2.19. The number of carbonyl (C=O) groups is 3. The van der Waals surface area contributed by atoms with Crippen molar-refractivity contribution in [2.45, 2.75) is 45.1 Å². The van der Waals surface area contributed by atoms with Crippen molar-refractivity contribution in [2.24, 2.45) is 11.8 Å². The number of halogens is 2. The summed E-state index contributed by atoms with van der Waals surface area (Å²) in [4.78, 5) is 38.4. The first-order valence-electron chi connectivity index (χ1n) is 8.98. The van der Waals surface area contributed by atoms with Crippen LogP contribution in [0.1, 0.15) is 50.6 Å². The fraction of sp³-hybridized carbons (Fsp3) is 0.526. The molecule has 3 amide bonds. The average molecular weight is 397 g/mol. The fourth-order valence-corrected chi connectivity index (χ4v) is 4.48. The summed E-state index contributed by atoms with van der Waals surface area (Å²) < 4.78 is 0. The summed E-state index contributed by atoms with van der Waals surface area (Å²) in [6.07, 6.45) is 3.64. The van der Waals surface area contributed by atoms with E-state index in [2.05, 4.69) is 5.32 Å². The summed E-state index contributed by atoms with van der Waals surface area (Å²) in [7, 11) is 0. The van der Waals surface area contributed by atoms with Crippen LogP contribution in [-0.2, 0) is 14.4 Å². The summed E-state index contributed by atoms with van der Waals surface area (Å²) in [6, 6.07) is 4.83. The van der Waals surface area contributed by atoms with Crippen LogP contribution in [0, 0.1) is 11.8 Å². The molecule has 1 aliphatic heterocycles. The van der Waals surface area contributed by atoms with Crippen molar-refractivity contribution in [3.63, 3.8) is 0 Å². The molecule has 2 fully saturated rings. The number of likely N-dealkylation sites (tertiary alicyclic amines) is 1. The molecule has 3 atom stereocenters. The highest BCUT2D eigenvalue weighted by atomic mass is 35.5. The van der Waals surface area contributed by atoms with Crippen LogP contribution >= 0.6 is 23.2 Å². The number of nitrogens with one attached hydrogen (secondary N) is 1. The topological polar surface area (TPSA) is 66.5 Å². The van der Waals surface area contributed by atoms with E-state index in [9.17, 15) is 14.4 Å². The molecule has 0 aromatic heterocycles. The number of fused-ring (bicyclic) bond motifs is 1. The van der Waals surface area contributed by atoms with Crippen LogP contribution < -0.4 is 5.32 Å². The maximum atomic E-state index is 12.4. The second kappa shape index (κ2) is 7.97. The van der Waals surface area contributed by atoms with E-state index in [1.54, 1.807) is 18.2 Å². The molecule has 1 saturated carbocycles. The van der Waals surface area contributed by atoms with Crippen molar-refractivity contribution in [1.82, 2.24) is 10.2 Å². The van der Waals surface area contributed by atoms with Gasteiger partial charge >= 0.3 is 0 Å². The Hall–Kier alpha value is -1.59. The van der Waals surface area contributed by atoms with Crippen LogP contribution in [-0.4, -0.2) is 29.2 Å². The third kappa shape index (κ3) is 3.89. The summed E-state index contributed by atoms with van der Waals surface area (Å²) >= 11 is 12.1. The molecule has 1 aliphatic carbocycles. The summed E-state index contributed by atoms with van der Waals surface area (Å²) in [5.41, 5.74) is 0.767. The van der Waals surface area contributed by atoms with Crippen LogP contribution in [0.3, 0.4) is 0 Å². The van der Waals surface area contributed by atoms with Gasteiger partial charge in [0, 0.05) is 23.0 Å². The van der Waals surface area contributed by atoms with Crippen molar-refractivity contribution < 1.29 is 14.4 Å². The van der Waals surface area contributed by atoms with Crippen molar-refractivity contribution in [1.29, 1.82) is 0 Å². The third-order valence-corrected chi connectivity index (χ3v) is 5.86. The molecular weight excluding hydrogens is 375 g/mol. The molecule has 2 aliphatic rings. The van der Waals surface area contributed by atoms with Gasteiger partial charge in [-0.25, -0.2) is 0 Å². The van der Waals surface area contributed by atoms with Gasteiger partial charge < -0.3 is 5.32 Å². The first-order chi connectivity index (χ1) is 12.4. The minimum Gasteiger partial charge on any atom is -0.349 e. The Kier molecular flexibility index (Phi) is 5.88. The SMILES string of the molecule is C[C@H](NC(=O)CCN1C(=O)[C@H]2CCCC[C@H]2C1=O)c1ccc(Cl)cc1Cl. The summed E-state index contributed by atoms with van der Waals surface area (Å²) in [5.74, 6) is -0.793. The van der Waals surface area contributed by atoms with E-state index in [0.717, 1.165) is 31.2 Å². The maximum Gasteiger partial charge on any atom is 0.233 e. The normalized spacial score (nSPS) is 23.7. The van der Waals surface area contributed by atoms with E-state index in [-0.39, 0.29) is 48.6 Å². The zero-order valence-corrected chi connectivity index (χ0v) is 16.1. The number of hydrogen-bond acceptors (Lipinski definition) is 3. The van der Waals surface area contributed by atoms with Crippen molar-refractivity contribution in [3.05, 3.63) is 33.8 Å². The molecule has 0 bridgehead atoms. The first kappa shape index (κ1) is 19.2. The van der Waals surface area contributed by atoms with E-state index < -0.39 is 0 Å². The minimum absolute atomic E-state index is 0.0898. The van der Waals surface area contributed by atoms with Gasteiger partial charge in [0.2, 0.25) is 17.7 Å².